The summed E-state index contributed by atoms with van der Waals surface area (Å²) in [6.45, 7) is 7.20. The Hall–Kier alpha value is -3.06. The Morgan fingerprint density at radius 1 is 1.20 bits per heavy atom. The lowest BCUT2D eigenvalue weighted by atomic mass is 9.86. The number of pyridine rings is 1. The maximum Gasteiger partial charge on any atom is 0.251 e. The first-order chi connectivity index (χ1) is 14.3. The van der Waals surface area contributed by atoms with Gasteiger partial charge >= 0.3 is 0 Å². The summed E-state index contributed by atoms with van der Waals surface area (Å²) in [5, 5.41) is 7.23. The van der Waals surface area contributed by atoms with Crippen molar-refractivity contribution in [1.29, 1.82) is 0 Å². The SMILES string of the molecule is CN1CC(NC(=O)c2ccc(C(C)(C)C)cc2)CC1c1nc(-c2cccnc2)no1. The first-order valence-electron chi connectivity index (χ1n) is 10.2. The molecule has 30 heavy (non-hydrogen) atoms. The maximum absolute atomic E-state index is 12.7. The van der Waals surface area contributed by atoms with E-state index in [4.69, 9.17) is 4.52 Å². The van der Waals surface area contributed by atoms with E-state index in [-0.39, 0.29) is 23.4 Å². The lowest BCUT2D eigenvalue weighted by molar-refractivity contribution is 0.0938. The minimum Gasteiger partial charge on any atom is -0.348 e. The smallest absolute Gasteiger partial charge is 0.251 e. The highest BCUT2D eigenvalue weighted by Crippen LogP contribution is 2.31. The molecule has 2 aromatic heterocycles. The van der Waals surface area contributed by atoms with Gasteiger partial charge in [0.1, 0.15) is 0 Å². The molecule has 0 spiro atoms. The summed E-state index contributed by atoms with van der Waals surface area (Å²) >= 11 is 0. The Kier molecular flexibility index (Phi) is 5.39. The number of aromatic nitrogens is 3. The van der Waals surface area contributed by atoms with Gasteiger partial charge in [-0.3, -0.25) is 14.7 Å². The van der Waals surface area contributed by atoms with Gasteiger partial charge in [-0.2, -0.15) is 4.98 Å². The highest BCUT2D eigenvalue weighted by atomic mass is 16.5. The van der Waals surface area contributed by atoms with E-state index < -0.39 is 0 Å². The summed E-state index contributed by atoms with van der Waals surface area (Å²) in [7, 11) is 2.00. The molecule has 1 aromatic carbocycles. The number of benzene rings is 1. The monoisotopic (exact) mass is 405 g/mol. The van der Waals surface area contributed by atoms with E-state index in [9.17, 15) is 4.79 Å². The third kappa shape index (κ3) is 4.26. The van der Waals surface area contributed by atoms with Gasteiger partial charge in [-0.1, -0.05) is 38.1 Å². The summed E-state index contributed by atoms with van der Waals surface area (Å²) in [5.41, 5.74) is 2.76. The standard InChI is InChI=1S/C23H27N5O2/c1-23(2,3)17-9-7-15(8-10-17)21(29)25-18-12-19(28(4)14-18)22-26-20(27-30-22)16-6-5-11-24-13-16/h5-11,13,18-19H,12,14H2,1-4H3,(H,25,29). The number of amides is 1. The molecule has 3 aromatic rings. The molecule has 1 saturated heterocycles. The van der Waals surface area contributed by atoms with Crippen LogP contribution >= 0.6 is 0 Å². The lowest BCUT2D eigenvalue weighted by Gasteiger charge is -2.19. The predicted molar refractivity (Wildman–Crippen MR) is 114 cm³/mol. The van der Waals surface area contributed by atoms with Gasteiger partial charge in [-0.05, 0) is 48.7 Å². The Morgan fingerprint density at radius 2 is 1.97 bits per heavy atom. The molecule has 7 heteroatoms. The minimum absolute atomic E-state index is 0.0172. The molecule has 0 radical (unpaired) electrons. The molecule has 2 unspecified atom stereocenters. The zero-order chi connectivity index (χ0) is 21.3. The molecule has 4 rings (SSSR count). The second kappa shape index (κ2) is 7.99. The maximum atomic E-state index is 12.7. The van der Waals surface area contributed by atoms with E-state index >= 15 is 0 Å². The zero-order valence-electron chi connectivity index (χ0n) is 17.8. The van der Waals surface area contributed by atoms with Gasteiger partial charge in [0.15, 0.2) is 0 Å². The third-order valence-corrected chi connectivity index (χ3v) is 5.54. The van der Waals surface area contributed by atoms with Crippen LogP contribution in [0, 0.1) is 0 Å². The Morgan fingerprint density at radius 3 is 2.63 bits per heavy atom. The van der Waals surface area contributed by atoms with Crippen LogP contribution in [-0.2, 0) is 5.41 Å². The number of hydrogen-bond donors (Lipinski definition) is 1. The molecule has 3 heterocycles. The second-order valence-corrected chi connectivity index (χ2v) is 8.89. The minimum atomic E-state index is -0.0592. The fourth-order valence-electron chi connectivity index (χ4n) is 3.77. The third-order valence-electron chi connectivity index (χ3n) is 5.54. The molecule has 0 bridgehead atoms. The van der Waals surface area contributed by atoms with Crippen LogP contribution in [0.25, 0.3) is 11.4 Å². The molecular weight excluding hydrogens is 378 g/mol. The van der Waals surface area contributed by atoms with Gasteiger partial charge in [0, 0.05) is 36.1 Å². The van der Waals surface area contributed by atoms with Crippen LogP contribution in [0.3, 0.4) is 0 Å². The van der Waals surface area contributed by atoms with Crippen molar-refractivity contribution >= 4 is 5.91 Å². The average molecular weight is 406 g/mol. The van der Waals surface area contributed by atoms with E-state index in [0.29, 0.717) is 17.3 Å². The van der Waals surface area contributed by atoms with Gasteiger partial charge in [0.05, 0.1) is 6.04 Å². The number of likely N-dealkylation sites (N-methyl/N-ethyl adjacent to an activating group) is 1. The number of carbonyl (C=O) groups excluding carboxylic acids is 1. The largest absolute Gasteiger partial charge is 0.348 e. The van der Waals surface area contributed by atoms with Gasteiger partial charge < -0.3 is 9.84 Å². The van der Waals surface area contributed by atoms with Gasteiger partial charge in [-0.25, -0.2) is 0 Å². The summed E-state index contributed by atoms with van der Waals surface area (Å²) < 4.78 is 5.51. The molecule has 1 aliphatic rings. The van der Waals surface area contributed by atoms with Gasteiger partial charge in [0.25, 0.3) is 5.91 Å². The number of nitrogens with one attached hydrogen (secondary N) is 1. The number of nitrogens with zero attached hydrogens (tertiary/aromatic N) is 4. The van der Waals surface area contributed by atoms with E-state index in [1.54, 1.807) is 12.4 Å². The van der Waals surface area contributed by atoms with Crippen LogP contribution in [0.2, 0.25) is 0 Å². The van der Waals surface area contributed by atoms with Crippen LogP contribution in [-0.4, -0.2) is 45.6 Å². The number of hydrogen-bond acceptors (Lipinski definition) is 6. The van der Waals surface area contributed by atoms with Crippen LogP contribution in [0.4, 0.5) is 0 Å². The number of rotatable bonds is 4. The van der Waals surface area contributed by atoms with Crippen LogP contribution < -0.4 is 5.32 Å². The highest BCUT2D eigenvalue weighted by molar-refractivity contribution is 5.94. The zero-order valence-corrected chi connectivity index (χ0v) is 17.8. The van der Waals surface area contributed by atoms with Crippen molar-refractivity contribution in [2.75, 3.05) is 13.6 Å². The van der Waals surface area contributed by atoms with Gasteiger partial charge in [0.2, 0.25) is 11.7 Å². The molecule has 156 valence electrons. The van der Waals surface area contributed by atoms with Crippen LogP contribution in [0.15, 0.2) is 53.3 Å². The van der Waals surface area contributed by atoms with E-state index in [1.165, 1.54) is 5.56 Å². The average Bonchev–Trinajstić information content (AvgIpc) is 3.35. The highest BCUT2D eigenvalue weighted by Gasteiger charge is 2.35. The first-order valence-corrected chi connectivity index (χ1v) is 10.2. The molecule has 1 fully saturated rings. The Labute approximate surface area is 176 Å². The van der Waals surface area contributed by atoms with E-state index in [2.05, 4.69) is 46.1 Å². The van der Waals surface area contributed by atoms with E-state index in [0.717, 1.165) is 18.5 Å². The van der Waals surface area contributed by atoms with E-state index in [1.807, 2.05) is 43.4 Å². The molecule has 1 N–H and O–H groups in total. The quantitative estimate of drug-likeness (QED) is 0.714. The first kappa shape index (κ1) is 20.2. The second-order valence-electron chi connectivity index (χ2n) is 8.89. The molecule has 1 amide bonds. The van der Waals surface area contributed by atoms with Gasteiger partial charge in [-0.15, -0.1) is 0 Å². The van der Waals surface area contributed by atoms with Crippen molar-refractivity contribution in [1.82, 2.24) is 25.3 Å². The topological polar surface area (TPSA) is 84.2 Å². The molecule has 0 saturated carbocycles. The molecule has 0 aliphatic carbocycles. The van der Waals surface area contributed by atoms with Crippen molar-refractivity contribution in [2.24, 2.45) is 0 Å². The summed E-state index contributed by atoms with van der Waals surface area (Å²) in [6.07, 6.45) is 4.14. The molecule has 1 aliphatic heterocycles. The number of likely N-dealkylation sites (tertiary alicyclic amines) is 1. The normalized spacial score (nSPS) is 19.7. The summed E-state index contributed by atoms with van der Waals surface area (Å²) in [6, 6.07) is 11.6. The predicted octanol–water partition coefficient (Wildman–Crippen LogP) is 3.60. The van der Waals surface area contributed by atoms with Crippen molar-refractivity contribution in [3.05, 3.63) is 65.8 Å². The summed E-state index contributed by atoms with van der Waals surface area (Å²) in [4.78, 5) is 23.5. The fraction of sp³-hybridized carbons (Fsp3) is 0.391. The van der Waals surface area contributed by atoms with Crippen LogP contribution in [0.5, 0.6) is 0 Å². The van der Waals surface area contributed by atoms with Crippen LogP contribution in [0.1, 0.15) is 55.0 Å². The molecule has 7 nitrogen and oxygen atoms in total. The van der Waals surface area contributed by atoms with Crippen molar-refractivity contribution in [3.8, 4) is 11.4 Å². The number of carbonyl (C=O) groups is 1. The van der Waals surface area contributed by atoms with Crippen molar-refractivity contribution in [2.45, 2.75) is 44.7 Å². The van der Waals surface area contributed by atoms with Crippen molar-refractivity contribution in [3.63, 3.8) is 0 Å². The Bertz CT molecular complexity index is 1010. The molecule has 2 atom stereocenters. The summed E-state index contributed by atoms with van der Waals surface area (Å²) in [5.74, 6) is 1.02. The lowest BCUT2D eigenvalue weighted by Crippen LogP contribution is -2.36. The van der Waals surface area contributed by atoms with Crippen molar-refractivity contribution < 1.29 is 9.32 Å². The molecular formula is C23H27N5O2. The Balaban J connectivity index is 1.41. The fourth-order valence-corrected chi connectivity index (χ4v) is 3.77.